The molecule has 4 N–H and O–H groups in total. The van der Waals surface area contributed by atoms with Crippen LogP contribution in [0.3, 0.4) is 0 Å². The van der Waals surface area contributed by atoms with Gasteiger partial charge in [0.1, 0.15) is 18.1 Å². The van der Waals surface area contributed by atoms with E-state index in [-0.39, 0.29) is 63.4 Å². The summed E-state index contributed by atoms with van der Waals surface area (Å²) < 4.78 is 0. The molecule has 7 rings (SSSR count). The molecule has 9 atom stereocenters. The van der Waals surface area contributed by atoms with Gasteiger partial charge in [0.05, 0.1) is 12.1 Å². The molecule has 0 aromatic heterocycles. The first kappa shape index (κ1) is 39.2. The monoisotopic (exact) mass is 751 g/mol. The summed E-state index contributed by atoms with van der Waals surface area (Å²) in [7, 11) is 0. The number of rotatable bonds is 9. The van der Waals surface area contributed by atoms with E-state index in [2.05, 4.69) is 53.9 Å². The van der Waals surface area contributed by atoms with Crippen LogP contribution >= 0.6 is 0 Å². The van der Waals surface area contributed by atoms with E-state index in [0.29, 0.717) is 25.8 Å². The third-order valence-corrected chi connectivity index (χ3v) is 15.5. The number of Topliss-reactive ketones (excluding diaryl/α,β-unsaturated/α-hetero) is 1. The highest BCUT2D eigenvalue weighted by Gasteiger charge is 2.88. The van der Waals surface area contributed by atoms with E-state index in [1.165, 1.54) is 0 Å². The molecule has 4 saturated carbocycles. The van der Waals surface area contributed by atoms with Crippen molar-refractivity contribution in [1.82, 2.24) is 31.1 Å². The Morgan fingerprint density at radius 2 is 1.59 bits per heavy atom. The van der Waals surface area contributed by atoms with Crippen molar-refractivity contribution in [2.75, 3.05) is 13.1 Å². The highest BCUT2D eigenvalue weighted by Crippen LogP contribution is 2.91. The molecular weight excluding hydrogens is 684 g/mol. The number of amides is 5. The number of ketones is 1. The second-order valence-corrected chi connectivity index (χ2v) is 20.5. The van der Waals surface area contributed by atoms with Crippen LogP contribution in [-0.2, 0) is 28.8 Å². The number of nitrogens with one attached hydrogen (secondary N) is 4. The van der Waals surface area contributed by atoms with Crippen molar-refractivity contribution in [3.05, 3.63) is 0 Å². The van der Waals surface area contributed by atoms with E-state index in [1.807, 2.05) is 27.7 Å². The molecule has 3 saturated heterocycles. The molecule has 0 aromatic rings. The molecule has 12 heteroatoms. The van der Waals surface area contributed by atoms with Gasteiger partial charge in [0.2, 0.25) is 29.4 Å². The van der Waals surface area contributed by atoms with Crippen molar-refractivity contribution in [3.63, 3.8) is 0 Å². The van der Waals surface area contributed by atoms with Crippen LogP contribution in [0, 0.1) is 33.5 Å². The van der Waals surface area contributed by atoms with E-state index in [1.54, 1.807) is 4.90 Å². The Bertz CT molecular complexity index is 1570. The summed E-state index contributed by atoms with van der Waals surface area (Å²) >= 11 is 0. The fraction of sp³-hybridized carbons (Fsp3) is 0.857. The molecule has 12 nitrogen and oxygen atoms in total. The van der Waals surface area contributed by atoms with Crippen molar-refractivity contribution in [2.45, 2.75) is 181 Å². The van der Waals surface area contributed by atoms with E-state index < -0.39 is 47.2 Å². The van der Waals surface area contributed by atoms with Gasteiger partial charge >= 0.3 is 0 Å². The summed E-state index contributed by atoms with van der Waals surface area (Å²) in [6.45, 7) is 17.7. The summed E-state index contributed by atoms with van der Waals surface area (Å²) in [6, 6.07) is -3.83. The predicted molar refractivity (Wildman–Crippen MR) is 204 cm³/mol. The van der Waals surface area contributed by atoms with Crippen LogP contribution in [-0.4, -0.2) is 100.0 Å². The maximum atomic E-state index is 15.1. The van der Waals surface area contributed by atoms with E-state index >= 15 is 4.79 Å². The van der Waals surface area contributed by atoms with E-state index in [4.69, 9.17) is 0 Å². The second kappa shape index (κ2) is 13.6. The first-order valence-corrected chi connectivity index (χ1v) is 21.1. The molecule has 300 valence electrons. The maximum Gasteiger partial charge on any atom is 0.289 e. The van der Waals surface area contributed by atoms with Gasteiger partial charge in [0.15, 0.2) is 0 Å². The van der Waals surface area contributed by atoms with E-state index in [0.717, 1.165) is 70.8 Å². The molecule has 4 bridgehead atoms. The molecule has 5 amide bonds. The van der Waals surface area contributed by atoms with Crippen LogP contribution < -0.4 is 21.3 Å². The van der Waals surface area contributed by atoms with Crippen LogP contribution in [0.5, 0.6) is 0 Å². The number of carbonyl (C=O) groups is 6. The van der Waals surface area contributed by atoms with Gasteiger partial charge in [-0.2, -0.15) is 0 Å². The number of carbonyl (C=O) groups excluding carboxylic acids is 6. The molecule has 4 aliphatic carbocycles. The van der Waals surface area contributed by atoms with Crippen LogP contribution in [0.25, 0.3) is 0 Å². The molecule has 2 spiro atoms. The first-order chi connectivity index (χ1) is 25.3. The van der Waals surface area contributed by atoms with Crippen LogP contribution in [0.4, 0.5) is 0 Å². The smallest absolute Gasteiger partial charge is 0.289 e. The molecule has 3 heterocycles. The minimum Gasteiger partial charge on any atom is -0.347 e. The Labute approximate surface area is 321 Å². The van der Waals surface area contributed by atoms with Crippen molar-refractivity contribution >= 4 is 35.3 Å². The van der Waals surface area contributed by atoms with Crippen molar-refractivity contribution in [3.8, 4) is 0 Å². The van der Waals surface area contributed by atoms with Gasteiger partial charge in [-0.15, -0.1) is 0 Å². The summed E-state index contributed by atoms with van der Waals surface area (Å²) in [6.07, 6.45) is 10.6. The Hall–Kier alpha value is -3.02. The quantitative estimate of drug-likeness (QED) is 0.263. The summed E-state index contributed by atoms with van der Waals surface area (Å²) in [5, 5.41) is 12.1. The van der Waals surface area contributed by atoms with Gasteiger partial charge in [-0.1, -0.05) is 53.9 Å². The average molecular weight is 751 g/mol. The lowest BCUT2D eigenvalue weighted by Crippen LogP contribution is -2.66. The fourth-order valence-electron chi connectivity index (χ4n) is 12.2. The maximum absolute atomic E-state index is 15.1. The zero-order valence-electron chi connectivity index (χ0n) is 34.1. The second-order valence-electron chi connectivity index (χ2n) is 20.5. The minimum absolute atomic E-state index is 0.0104. The standard InChI is InChI=1S/C42H66N6O6/c1-9-12-27(31(49)36(53)43-26-15-16-26)44-34(51)29-22-42-23-47(29)37(54)32(38(2,3)4)46-35(52)30(45-33(50)28-17-20-48(28)39(5,6)7)24-13-10-14-25(21-24)40(42,8)41(42)18-11-19-41/h24-30,32H,9-23H2,1-8H3,(H,43,53)(H,44,51)(H,45,50)(H,46,52)/t24?,25-,27?,28?,29+,30+,32-,40?,42-/m1/s1. The molecule has 4 unspecified atom stereocenters. The lowest BCUT2D eigenvalue weighted by Gasteiger charge is -2.49. The number of nitrogens with zero attached hydrogens (tertiary/aromatic N) is 2. The zero-order chi connectivity index (χ0) is 39.2. The molecular formula is C42H66N6O6. The Morgan fingerprint density at radius 1 is 0.889 bits per heavy atom. The van der Waals surface area contributed by atoms with Gasteiger partial charge in [0, 0.05) is 30.1 Å². The molecule has 7 aliphatic rings. The van der Waals surface area contributed by atoms with Gasteiger partial charge in [-0.25, -0.2) is 0 Å². The zero-order valence-corrected chi connectivity index (χ0v) is 34.1. The number of hydrogen-bond donors (Lipinski definition) is 4. The Morgan fingerprint density at radius 3 is 2.15 bits per heavy atom. The predicted octanol–water partition coefficient (Wildman–Crippen LogP) is 3.61. The highest BCUT2D eigenvalue weighted by molar-refractivity contribution is 6.38. The normalized spacial score (nSPS) is 36.6. The van der Waals surface area contributed by atoms with Crippen molar-refractivity contribution in [2.24, 2.45) is 33.5 Å². The van der Waals surface area contributed by atoms with Crippen LogP contribution in [0.2, 0.25) is 0 Å². The Balaban J connectivity index is 1.23. The molecule has 0 aromatic carbocycles. The minimum atomic E-state index is -0.980. The van der Waals surface area contributed by atoms with Crippen molar-refractivity contribution in [1.29, 1.82) is 0 Å². The summed E-state index contributed by atoms with van der Waals surface area (Å²) in [5.41, 5.74) is -1.32. The fourth-order valence-corrected chi connectivity index (χ4v) is 12.2. The topological polar surface area (TPSA) is 157 Å². The third kappa shape index (κ3) is 6.19. The Kier molecular flexibility index (Phi) is 9.86. The van der Waals surface area contributed by atoms with Gasteiger partial charge in [-0.3, -0.25) is 33.7 Å². The first-order valence-electron chi connectivity index (χ1n) is 21.1. The van der Waals surface area contributed by atoms with Gasteiger partial charge in [-0.05, 0) is 113 Å². The number of fused-ring (bicyclic) bond motifs is 5. The molecule has 3 aliphatic heterocycles. The van der Waals surface area contributed by atoms with Gasteiger partial charge < -0.3 is 26.2 Å². The largest absolute Gasteiger partial charge is 0.347 e. The summed E-state index contributed by atoms with van der Waals surface area (Å²) in [4.78, 5) is 88.4. The number of hydrogen-bond acceptors (Lipinski definition) is 7. The number of likely N-dealkylation sites (tertiary alicyclic amines) is 1. The average Bonchev–Trinajstić information content (AvgIpc) is 3.89. The van der Waals surface area contributed by atoms with Crippen LogP contribution in [0.1, 0.15) is 139 Å². The molecule has 54 heavy (non-hydrogen) atoms. The van der Waals surface area contributed by atoms with Crippen molar-refractivity contribution < 1.29 is 28.8 Å². The lowest BCUT2D eigenvalue weighted by molar-refractivity contribution is -0.146. The highest BCUT2D eigenvalue weighted by atomic mass is 16.2. The summed E-state index contributed by atoms with van der Waals surface area (Å²) in [5.74, 6) is -2.29. The molecule has 7 fully saturated rings. The SMILES string of the molecule is CCCC(NC(=O)[C@@H]1C[C@@]23CN1C(=O)[C@H](C(C)(C)C)NC(=O)[C@@H](NC(=O)C1CCN1C(C)(C)C)C1CCC[C@H](C1)C2(C)C31CCC1)C(=O)C(=O)NC1CC1. The van der Waals surface area contributed by atoms with Gasteiger partial charge in [0.25, 0.3) is 5.91 Å². The van der Waals surface area contributed by atoms with Crippen LogP contribution in [0.15, 0.2) is 0 Å². The third-order valence-electron chi connectivity index (χ3n) is 15.5. The molecule has 0 radical (unpaired) electrons. The lowest BCUT2D eigenvalue weighted by atomic mass is 9.65. The van der Waals surface area contributed by atoms with E-state index in [9.17, 15) is 24.0 Å².